The Morgan fingerprint density at radius 3 is 2.78 bits per heavy atom. The molecular formula is C11H13N4O2S+. The first-order valence-electron chi connectivity index (χ1n) is 5.29. The van der Waals surface area contributed by atoms with Gasteiger partial charge in [0.25, 0.3) is 5.69 Å². The van der Waals surface area contributed by atoms with Gasteiger partial charge in [-0.2, -0.15) is 0 Å². The van der Waals surface area contributed by atoms with Crippen molar-refractivity contribution in [3.8, 4) is 0 Å². The van der Waals surface area contributed by atoms with Crippen LogP contribution in [0.5, 0.6) is 0 Å². The zero-order valence-electron chi connectivity index (χ0n) is 10.3. The van der Waals surface area contributed by atoms with Gasteiger partial charge in [0, 0.05) is 17.8 Å². The van der Waals surface area contributed by atoms with E-state index in [4.69, 9.17) is 0 Å². The molecule has 0 atom stereocenters. The van der Waals surface area contributed by atoms with Crippen molar-refractivity contribution in [3.63, 3.8) is 0 Å². The number of pyridine rings is 1. The average Bonchev–Trinajstić information content (AvgIpc) is 2.63. The van der Waals surface area contributed by atoms with Gasteiger partial charge in [-0.3, -0.25) is 10.1 Å². The van der Waals surface area contributed by atoms with Crippen LogP contribution < -0.4 is 4.57 Å². The summed E-state index contributed by atoms with van der Waals surface area (Å²) in [5.74, 6) is 0. The number of hydrogen-bond acceptors (Lipinski definition) is 4. The molecule has 0 aliphatic carbocycles. The Morgan fingerprint density at radius 2 is 2.28 bits per heavy atom. The minimum atomic E-state index is -0.434. The third-order valence-corrected chi connectivity index (χ3v) is 3.91. The van der Waals surface area contributed by atoms with Crippen LogP contribution in [-0.2, 0) is 14.1 Å². The molecule has 2 heterocycles. The molecule has 0 unspecified atom stereocenters. The van der Waals surface area contributed by atoms with Crippen LogP contribution in [0.15, 0.2) is 34.8 Å². The molecule has 0 saturated heterocycles. The number of nitro groups is 1. The maximum absolute atomic E-state index is 10.6. The fourth-order valence-corrected chi connectivity index (χ4v) is 2.47. The molecule has 0 amide bonds. The minimum absolute atomic E-state index is 0.0214. The highest BCUT2D eigenvalue weighted by molar-refractivity contribution is 7.99. The van der Waals surface area contributed by atoms with E-state index in [-0.39, 0.29) is 5.69 Å². The zero-order chi connectivity index (χ0) is 13.3. The first kappa shape index (κ1) is 12.6. The zero-order valence-corrected chi connectivity index (χ0v) is 11.1. The SMILES string of the molecule is Cc1cc([N+](=O)[O-])cnc1Sc1n(C)cc[n+]1C. The smallest absolute Gasteiger partial charge is 0.258 e. The number of aryl methyl sites for hydroxylation is 3. The molecule has 0 fully saturated rings. The number of rotatable bonds is 3. The Hall–Kier alpha value is -1.89. The highest BCUT2D eigenvalue weighted by Gasteiger charge is 2.17. The Labute approximate surface area is 108 Å². The number of hydrogen-bond donors (Lipinski definition) is 0. The van der Waals surface area contributed by atoms with E-state index >= 15 is 0 Å². The molecule has 0 radical (unpaired) electrons. The van der Waals surface area contributed by atoms with E-state index in [0.717, 1.165) is 15.7 Å². The van der Waals surface area contributed by atoms with E-state index in [1.54, 1.807) is 0 Å². The molecule has 0 aliphatic heterocycles. The van der Waals surface area contributed by atoms with E-state index in [0.29, 0.717) is 0 Å². The van der Waals surface area contributed by atoms with Gasteiger partial charge in [0.2, 0.25) is 0 Å². The molecule has 2 rings (SSSR count). The van der Waals surface area contributed by atoms with Crippen molar-refractivity contribution in [2.45, 2.75) is 17.1 Å². The normalized spacial score (nSPS) is 10.6. The van der Waals surface area contributed by atoms with Crippen molar-refractivity contribution in [1.82, 2.24) is 9.55 Å². The fourth-order valence-electron chi connectivity index (χ4n) is 1.56. The monoisotopic (exact) mass is 265 g/mol. The molecule has 7 heteroatoms. The third kappa shape index (κ3) is 2.35. The molecule has 2 aromatic rings. The van der Waals surface area contributed by atoms with Crippen LogP contribution in [0, 0.1) is 17.0 Å². The van der Waals surface area contributed by atoms with Crippen LogP contribution >= 0.6 is 11.8 Å². The summed E-state index contributed by atoms with van der Waals surface area (Å²) in [4.78, 5) is 14.4. The van der Waals surface area contributed by atoms with Crippen LogP contribution in [-0.4, -0.2) is 14.5 Å². The molecule has 18 heavy (non-hydrogen) atoms. The van der Waals surface area contributed by atoms with Crippen LogP contribution in [0.25, 0.3) is 0 Å². The quantitative estimate of drug-likeness (QED) is 0.480. The van der Waals surface area contributed by atoms with E-state index in [9.17, 15) is 10.1 Å². The number of imidazole rings is 1. The summed E-state index contributed by atoms with van der Waals surface area (Å²) in [6.45, 7) is 1.82. The van der Waals surface area contributed by atoms with E-state index in [1.165, 1.54) is 24.0 Å². The lowest BCUT2D eigenvalue weighted by Crippen LogP contribution is -2.28. The summed E-state index contributed by atoms with van der Waals surface area (Å²) < 4.78 is 3.96. The van der Waals surface area contributed by atoms with Gasteiger partial charge in [-0.05, 0) is 12.5 Å². The summed E-state index contributed by atoms with van der Waals surface area (Å²) in [6.07, 6.45) is 5.18. The summed E-state index contributed by atoms with van der Waals surface area (Å²) >= 11 is 1.49. The molecule has 94 valence electrons. The summed E-state index contributed by atoms with van der Waals surface area (Å²) in [7, 11) is 3.89. The van der Waals surface area contributed by atoms with Crippen molar-refractivity contribution in [1.29, 1.82) is 0 Å². The molecule has 6 nitrogen and oxygen atoms in total. The van der Waals surface area contributed by atoms with Gasteiger partial charge in [-0.1, -0.05) is 0 Å². The Morgan fingerprint density at radius 1 is 1.56 bits per heavy atom. The number of aromatic nitrogens is 3. The van der Waals surface area contributed by atoms with Crippen LogP contribution in [0.4, 0.5) is 5.69 Å². The van der Waals surface area contributed by atoms with Gasteiger partial charge < -0.3 is 0 Å². The summed E-state index contributed by atoms with van der Waals surface area (Å²) in [6, 6.07) is 1.54. The van der Waals surface area contributed by atoms with E-state index < -0.39 is 4.92 Å². The van der Waals surface area contributed by atoms with Gasteiger partial charge in [-0.15, -0.1) is 0 Å². The van der Waals surface area contributed by atoms with Gasteiger partial charge in [0.05, 0.1) is 19.0 Å². The predicted octanol–water partition coefficient (Wildman–Crippen LogP) is 1.61. The average molecular weight is 265 g/mol. The largest absolute Gasteiger partial charge is 0.323 e. The molecule has 0 spiro atoms. The molecule has 0 N–H and O–H groups in total. The first-order valence-corrected chi connectivity index (χ1v) is 6.10. The topological polar surface area (TPSA) is 64.8 Å². The van der Waals surface area contributed by atoms with Crippen molar-refractivity contribution in [2.75, 3.05) is 0 Å². The summed E-state index contributed by atoms with van der Waals surface area (Å²) in [5, 5.41) is 12.4. The van der Waals surface area contributed by atoms with Gasteiger partial charge in [0.1, 0.15) is 23.6 Å². The van der Waals surface area contributed by atoms with Crippen molar-refractivity contribution >= 4 is 17.4 Å². The third-order valence-electron chi connectivity index (χ3n) is 2.53. The lowest BCUT2D eigenvalue weighted by Gasteiger charge is -2.02. The van der Waals surface area contributed by atoms with Crippen molar-refractivity contribution in [2.24, 2.45) is 14.1 Å². The van der Waals surface area contributed by atoms with Gasteiger partial charge >= 0.3 is 5.16 Å². The van der Waals surface area contributed by atoms with Crippen molar-refractivity contribution in [3.05, 3.63) is 40.3 Å². The van der Waals surface area contributed by atoms with Crippen molar-refractivity contribution < 1.29 is 9.49 Å². The first-order chi connectivity index (χ1) is 8.49. The standard InChI is InChI=1S/C11H13N4O2S/c1-8-6-9(15(16)17)7-12-10(8)18-11-13(2)4-5-14(11)3/h4-7H,1-3H3/q+1. The molecule has 2 aromatic heterocycles. The van der Waals surface area contributed by atoms with E-state index in [1.807, 2.05) is 42.5 Å². The minimum Gasteiger partial charge on any atom is -0.258 e. The second kappa shape index (κ2) is 4.77. The highest BCUT2D eigenvalue weighted by atomic mass is 32.2. The fraction of sp³-hybridized carbons (Fsp3) is 0.273. The second-order valence-electron chi connectivity index (χ2n) is 3.98. The van der Waals surface area contributed by atoms with E-state index in [2.05, 4.69) is 4.98 Å². The maximum Gasteiger partial charge on any atom is 0.323 e. The predicted molar refractivity (Wildman–Crippen MR) is 66.3 cm³/mol. The Kier molecular flexibility index (Phi) is 3.33. The molecule has 0 aromatic carbocycles. The van der Waals surface area contributed by atoms with Crippen LogP contribution in [0.3, 0.4) is 0 Å². The summed E-state index contributed by atoms with van der Waals surface area (Å²) in [5.41, 5.74) is 0.823. The van der Waals surface area contributed by atoms with Crippen LogP contribution in [0.2, 0.25) is 0 Å². The number of nitrogens with zero attached hydrogens (tertiary/aromatic N) is 4. The van der Waals surface area contributed by atoms with Gasteiger partial charge in [0.15, 0.2) is 0 Å². The van der Waals surface area contributed by atoms with Crippen LogP contribution in [0.1, 0.15) is 5.56 Å². The second-order valence-corrected chi connectivity index (χ2v) is 4.93. The maximum atomic E-state index is 10.6. The van der Waals surface area contributed by atoms with Gasteiger partial charge in [-0.25, -0.2) is 14.1 Å². The molecule has 0 saturated carbocycles. The Balaban J connectivity index is 2.33. The molecular weight excluding hydrogens is 252 g/mol. The molecule has 0 bridgehead atoms. The molecule has 0 aliphatic rings. The Bertz CT molecular complexity index is 590. The highest BCUT2D eigenvalue weighted by Crippen LogP contribution is 2.27. The lowest BCUT2D eigenvalue weighted by molar-refractivity contribution is -0.709. The lowest BCUT2D eigenvalue weighted by atomic mass is 10.3.